The quantitative estimate of drug-likeness (QED) is 0.844. The second-order valence-electron chi connectivity index (χ2n) is 6.10. The van der Waals surface area contributed by atoms with E-state index in [-0.39, 0.29) is 18.4 Å². The highest BCUT2D eigenvalue weighted by Crippen LogP contribution is 2.39. The fourth-order valence-corrected chi connectivity index (χ4v) is 2.82. The van der Waals surface area contributed by atoms with Crippen LogP contribution in [-0.2, 0) is 4.79 Å². The first-order valence-corrected chi connectivity index (χ1v) is 8.15. The zero-order valence-electron chi connectivity index (χ0n) is 13.3. The first kappa shape index (κ1) is 16.3. The second-order valence-corrected chi connectivity index (χ2v) is 6.54. The van der Waals surface area contributed by atoms with Crippen molar-refractivity contribution in [3.05, 3.63) is 41.7 Å². The average Bonchev–Trinajstić information content (AvgIpc) is 3.30. The van der Waals surface area contributed by atoms with Crippen LogP contribution in [0.3, 0.4) is 0 Å². The van der Waals surface area contributed by atoms with Gasteiger partial charge in [0.2, 0.25) is 5.91 Å². The first-order valence-electron chi connectivity index (χ1n) is 7.77. The Bertz CT molecular complexity index is 779. The molecule has 6 nitrogen and oxygen atoms in total. The predicted octanol–water partition coefficient (Wildman–Crippen LogP) is 2.75. The van der Waals surface area contributed by atoms with Crippen LogP contribution in [-0.4, -0.2) is 27.8 Å². The number of hydrogen-bond donors (Lipinski definition) is 2. The zero-order valence-corrected chi connectivity index (χ0v) is 14.0. The lowest BCUT2D eigenvalue weighted by atomic mass is 9.98. The van der Waals surface area contributed by atoms with Crippen molar-refractivity contribution in [2.45, 2.75) is 25.3 Å². The molecule has 0 radical (unpaired) electrons. The number of amides is 1. The molecule has 0 saturated heterocycles. The van der Waals surface area contributed by atoms with Crippen molar-refractivity contribution in [1.29, 1.82) is 5.26 Å². The minimum absolute atomic E-state index is 0.0542. The van der Waals surface area contributed by atoms with Crippen LogP contribution in [0.25, 0.3) is 5.69 Å². The van der Waals surface area contributed by atoms with Gasteiger partial charge in [-0.2, -0.15) is 10.4 Å². The van der Waals surface area contributed by atoms with E-state index in [1.165, 1.54) is 0 Å². The van der Waals surface area contributed by atoms with Gasteiger partial charge in [0.15, 0.2) is 0 Å². The number of hydrogen-bond acceptors (Lipinski definition) is 4. The van der Waals surface area contributed by atoms with Gasteiger partial charge in [-0.05, 0) is 49.9 Å². The van der Waals surface area contributed by atoms with Gasteiger partial charge >= 0.3 is 0 Å². The van der Waals surface area contributed by atoms with Crippen LogP contribution >= 0.6 is 11.6 Å². The minimum atomic E-state index is -0.794. The van der Waals surface area contributed by atoms with E-state index in [2.05, 4.69) is 21.8 Å². The topological polar surface area (TPSA) is 82.7 Å². The molecule has 0 unspecified atom stereocenters. The summed E-state index contributed by atoms with van der Waals surface area (Å²) < 4.78 is 1.69. The molecule has 0 bridgehead atoms. The molecular weight excluding hydrogens is 326 g/mol. The third-order valence-corrected chi connectivity index (χ3v) is 4.41. The lowest BCUT2D eigenvalue weighted by molar-refractivity contribution is -0.120. The Kier molecular flexibility index (Phi) is 4.45. The minimum Gasteiger partial charge on any atom is -0.374 e. The Hall–Kier alpha value is -2.52. The average molecular weight is 344 g/mol. The van der Waals surface area contributed by atoms with Gasteiger partial charge in [0.25, 0.3) is 0 Å². The number of benzene rings is 1. The number of anilines is 1. The molecule has 1 fully saturated rings. The molecule has 1 aromatic heterocycles. The van der Waals surface area contributed by atoms with Gasteiger partial charge in [-0.1, -0.05) is 11.6 Å². The highest BCUT2D eigenvalue weighted by Gasteiger charge is 2.42. The summed E-state index contributed by atoms with van der Waals surface area (Å²) in [5.41, 5.74) is 0.701. The number of carbonyl (C=O) groups excluding carboxylic acids is 1. The smallest absolute Gasteiger partial charge is 0.240 e. The van der Waals surface area contributed by atoms with Crippen LogP contribution in [0, 0.1) is 17.2 Å². The highest BCUT2D eigenvalue weighted by atomic mass is 35.5. The number of rotatable bonds is 6. The lowest BCUT2D eigenvalue weighted by Gasteiger charge is -2.23. The van der Waals surface area contributed by atoms with Gasteiger partial charge < -0.3 is 10.6 Å². The molecule has 1 heterocycles. The van der Waals surface area contributed by atoms with Crippen molar-refractivity contribution in [3.63, 3.8) is 0 Å². The summed E-state index contributed by atoms with van der Waals surface area (Å²) in [6.45, 7) is 1.83. The van der Waals surface area contributed by atoms with E-state index in [1.54, 1.807) is 29.9 Å². The summed E-state index contributed by atoms with van der Waals surface area (Å²) >= 11 is 6.06. The number of halogens is 1. The molecule has 2 N–H and O–H groups in total. The number of aromatic nitrogens is 2. The van der Waals surface area contributed by atoms with Crippen molar-refractivity contribution >= 4 is 23.2 Å². The van der Waals surface area contributed by atoms with Gasteiger partial charge in [-0.25, -0.2) is 4.68 Å². The number of nitriles is 1. The summed E-state index contributed by atoms with van der Waals surface area (Å²) in [6.07, 6.45) is 5.46. The van der Waals surface area contributed by atoms with Crippen molar-refractivity contribution in [1.82, 2.24) is 15.1 Å². The number of nitrogens with zero attached hydrogens (tertiary/aromatic N) is 3. The van der Waals surface area contributed by atoms with Gasteiger partial charge in [0.1, 0.15) is 5.54 Å². The molecule has 1 amide bonds. The maximum absolute atomic E-state index is 12.2. The summed E-state index contributed by atoms with van der Waals surface area (Å²) in [5, 5.41) is 20.0. The Balaban J connectivity index is 1.69. The zero-order chi connectivity index (χ0) is 17.2. The van der Waals surface area contributed by atoms with E-state index < -0.39 is 5.54 Å². The normalized spacial score (nSPS) is 16.0. The van der Waals surface area contributed by atoms with Crippen molar-refractivity contribution in [2.75, 3.05) is 11.9 Å². The molecule has 1 aromatic carbocycles. The van der Waals surface area contributed by atoms with Gasteiger partial charge in [0.05, 0.1) is 24.0 Å². The van der Waals surface area contributed by atoms with E-state index >= 15 is 0 Å². The maximum Gasteiger partial charge on any atom is 0.240 e. The van der Waals surface area contributed by atoms with Crippen LogP contribution in [0.5, 0.6) is 0 Å². The largest absolute Gasteiger partial charge is 0.374 e. The molecule has 2 aromatic rings. The van der Waals surface area contributed by atoms with Crippen molar-refractivity contribution < 1.29 is 4.79 Å². The van der Waals surface area contributed by atoms with Crippen molar-refractivity contribution in [2.24, 2.45) is 5.92 Å². The molecule has 0 aliphatic heterocycles. The van der Waals surface area contributed by atoms with Crippen LogP contribution in [0.2, 0.25) is 5.02 Å². The van der Waals surface area contributed by atoms with Gasteiger partial charge in [-0.15, -0.1) is 0 Å². The van der Waals surface area contributed by atoms with Crippen LogP contribution in [0.4, 0.5) is 5.69 Å². The van der Waals surface area contributed by atoms with Gasteiger partial charge in [-0.3, -0.25) is 4.79 Å². The van der Waals surface area contributed by atoms with Crippen LogP contribution < -0.4 is 10.6 Å². The molecule has 1 aliphatic rings. The Morgan fingerprint density at radius 3 is 2.96 bits per heavy atom. The molecule has 124 valence electrons. The van der Waals surface area contributed by atoms with Gasteiger partial charge in [0, 0.05) is 17.4 Å². The number of nitrogens with one attached hydrogen (secondary N) is 2. The van der Waals surface area contributed by atoms with E-state index in [0.717, 1.165) is 18.5 Å². The summed E-state index contributed by atoms with van der Waals surface area (Å²) in [6, 6.07) is 9.38. The van der Waals surface area contributed by atoms with Crippen molar-refractivity contribution in [3.8, 4) is 11.8 Å². The monoisotopic (exact) mass is 343 g/mol. The van der Waals surface area contributed by atoms with E-state index in [0.29, 0.717) is 10.7 Å². The number of carbonyl (C=O) groups is 1. The van der Waals surface area contributed by atoms with Crippen LogP contribution in [0.1, 0.15) is 19.8 Å². The van der Waals surface area contributed by atoms with Crippen LogP contribution in [0.15, 0.2) is 36.7 Å². The van der Waals surface area contributed by atoms with E-state index in [9.17, 15) is 10.1 Å². The summed E-state index contributed by atoms with van der Waals surface area (Å²) in [5.74, 6) is 0.0228. The predicted molar refractivity (Wildman–Crippen MR) is 91.9 cm³/mol. The SMILES string of the molecule is C[C@](C#N)(NC(=O)CNc1cc(Cl)ccc1-n1cccn1)C1CC1. The molecule has 1 atom stereocenters. The molecule has 3 rings (SSSR count). The fraction of sp³-hybridized carbons (Fsp3) is 0.353. The maximum atomic E-state index is 12.2. The summed E-state index contributed by atoms with van der Waals surface area (Å²) in [4.78, 5) is 12.2. The van der Waals surface area contributed by atoms with E-state index in [1.807, 2.05) is 18.3 Å². The third kappa shape index (κ3) is 3.52. The highest BCUT2D eigenvalue weighted by molar-refractivity contribution is 6.31. The molecule has 1 saturated carbocycles. The Labute approximate surface area is 145 Å². The van der Waals surface area contributed by atoms with E-state index in [4.69, 9.17) is 11.6 Å². The lowest BCUT2D eigenvalue weighted by Crippen LogP contribution is -2.48. The molecule has 24 heavy (non-hydrogen) atoms. The molecule has 1 aliphatic carbocycles. The Morgan fingerprint density at radius 2 is 2.33 bits per heavy atom. The standard InChI is InChI=1S/C17H18ClN5O/c1-17(11-19,12-3-4-12)22-16(24)10-20-14-9-13(18)5-6-15(14)23-8-2-7-21-23/h2,5-9,12,20H,3-4,10H2,1H3,(H,22,24)/t17-/m1/s1. The summed E-state index contributed by atoms with van der Waals surface area (Å²) in [7, 11) is 0. The Morgan fingerprint density at radius 1 is 1.54 bits per heavy atom. The molecule has 0 spiro atoms. The fourth-order valence-electron chi connectivity index (χ4n) is 2.65. The second kappa shape index (κ2) is 6.54. The molecular formula is C17H18ClN5O. The third-order valence-electron chi connectivity index (χ3n) is 4.17. The molecule has 7 heteroatoms. The first-order chi connectivity index (χ1) is 11.5.